The van der Waals surface area contributed by atoms with Gasteiger partial charge in [0, 0.05) is 30.6 Å². The number of amides is 1. The van der Waals surface area contributed by atoms with E-state index in [1.807, 2.05) is 23.6 Å². The lowest BCUT2D eigenvalue weighted by atomic mass is 10.0. The molecule has 1 aromatic heterocycles. The number of thiophene rings is 1. The van der Waals surface area contributed by atoms with Gasteiger partial charge in [-0.05, 0) is 30.0 Å². The number of benzene rings is 1. The lowest BCUT2D eigenvalue weighted by Crippen LogP contribution is -2.42. The second kappa shape index (κ2) is 8.94. The highest BCUT2D eigenvalue weighted by molar-refractivity contribution is 7.10. The van der Waals surface area contributed by atoms with Gasteiger partial charge in [-0.3, -0.25) is 9.69 Å². The van der Waals surface area contributed by atoms with Gasteiger partial charge in [-0.15, -0.1) is 11.3 Å². The zero-order chi connectivity index (χ0) is 17.5. The van der Waals surface area contributed by atoms with Crippen LogP contribution < -0.4 is 5.32 Å². The summed E-state index contributed by atoms with van der Waals surface area (Å²) in [6, 6.07) is 12.3. The van der Waals surface area contributed by atoms with Crippen LogP contribution in [0, 0.1) is 6.92 Å². The first-order chi connectivity index (χ1) is 12.2. The molecule has 0 spiro atoms. The lowest BCUT2D eigenvalue weighted by molar-refractivity contribution is -0.117. The molecule has 1 N–H and O–H groups in total. The SMILES string of the molecule is Cc1ccc([C@H](CN2CCOCC2)NC(=O)/C=C/c2cccs2)cc1. The van der Waals surface area contributed by atoms with Gasteiger partial charge in [-0.25, -0.2) is 0 Å². The Kier molecular flexibility index (Phi) is 6.39. The number of rotatable bonds is 6. The van der Waals surface area contributed by atoms with E-state index in [0.29, 0.717) is 0 Å². The van der Waals surface area contributed by atoms with Crippen molar-refractivity contribution in [2.45, 2.75) is 13.0 Å². The maximum atomic E-state index is 12.4. The second-order valence-electron chi connectivity index (χ2n) is 6.23. The molecule has 5 heteroatoms. The number of carbonyl (C=O) groups is 1. The summed E-state index contributed by atoms with van der Waals surface area (Å²) in [4.78, 5) is 15.8. The van der Waals surface area contributed by atoms with Crippen molar-refractivity contribution >= 4 is 23.3 Å². The van der Waals surface area contributed by atoms with Crippen molar-refractivity contribution in [3.63, 3.8) is 0 Å². The number of carbonyl (C=O) groups excluding carboxylic acids is 1. The molecule has 25 heavy (non-hydrogen) atoms. The number of ether oxygens (including phenoxy) is 1. The third-order valence-electron chi connectivity index (χ3n) is 4.28. The van der Waals surface area contributed by atoms with E-state index in [1.54, 1.807) is 17.4 Å². The van der Waals surface area contributed by atoms with Crippen molar-refractivity contribution < 1.29 is 9.53 Å². The molecule has 0 saturated carbocycles. The molecular formula is C20H24N2O2S. The average Bonchev–Trinajstić information content (AvgIpc) is 3.15. The predicted octanol–water partition coefficient (Wildman–Crippen LogP) is 3.26. The Morgan fingerprint density at radius 2 is 2.04 bits per heavy atom. The van der Waals surface area contributed by atoms with Crippen LogP contribution in [-0.2, 0) is 9.53 Å². The molecular weight excluding hydrogens is 332 g/mol. The summed E-state index contributed by atoms with van der Waals surface area (Å²) in [7, 11) is 0. The van der Waals surface area contributed by atoms with Gasteiger partial charge in [0.1, 0.15) is 0 Å². The Morgan fingerprint density at radius 1 is 1.28 bits per heavy atom. The quantitative estimate of drug-likeness (QED) is 0.808. The Morgan fingerprint density at radius 3 is 2.72 bits per heavy atom. The average molecular weight is 356 g/mol. The molecule has 2 aromatic rings. The van der Waals surface area contributed by atoms with E-state index < -0.39 is 0 Å². The highest BCUT2D eigenvalue weighted by atomic mass is 32.1. The number of hydrogen-bond donors (Lipinski definition) is 1. The molecule has 0 radical (unpaired) electrons. The van der Waals surface area contributed by atoms with Crippen LogP contribution in [0.5, 0.6) is 0 Å². The largest absolute Gasteiger partial charge is 0.379 e. The van der Waals surface area contributed by atoms with Crippen molar-refractivity contribution in [2.24, 2.45) is 0 Å². The fourth-order valence-electron chi connectivity index (χ4n) is 2.84. The van der Waals surface area contributed by atoms with Crippen LogP contribution in [0.2, 0.25) is 0 Å². The molecule has 1 amide bonds. The fraction of sp³-hybridized carbons (Fsp3) is 0.350. The normalized spacial score (nSPS) is 16.8. The third kappa shape index (κ3) is 5.53. The Hall–Kier alpha value is -1.95. The van der Waals surface area contributed by atoms with Gasteiger partial charge in [0.15, 0.2) is 0 Å². The molecule has 2 heterocycles. The predicted molar refractivity (Wildman–Crippen MR) is 103 cm³/mol. The Bertz CT molecular complexity index is 689. The zero-order valence-corrected chi connectivity index (χ0v) is 15.3. The van der Waals surface area contributed by atoms with Gasteiger partial charge < -0.3 is 10.1 Å². The fourth-order valence-corrected chi connectivity index (χ4v) is 3.46. The van der Waals surface area contributed by atoms with Crippen LogP contribution in [0.4, 0.5) is 0 Å². The van der Waals surface area contributed by atoms with Gasteiger partial charge in [-0.1, -0.05) is 35.9 Å². The van der Waals surface area contributed by atoms with E-state index >= 15 is 0 Å². The summed E-state index contributed by atoms with van der Waals surface area (Å²) in [6.07, 6.45) is 3.48. The van der Waals surface area contributed by atoms with Crippen LogP contribution in [0.15, 0.2) is 47.9 Å². The number of aryl methyl sites for hydroxylation is 1. The minimum atomic E-state index is -0.0627. The summed E-state index contributed by atoms with van der Waals surface area (Å²) < 4.78 is 5.42. The molecule has 0 aliphatic carbocycles. The van der Waals surface area contributed by atoms with E-state index in [0.717, 1.165) is 43.3 Å². The van der Waals surface area contributed by atoms with Crippen LogP contribution in [0.25, 0.3) is 6.08 Å². The maximum absolute atomic E-state index is 12.4. The van der Waals surface area contributed by atoms with Gasteiger partial charge in [0.2, 0.25) is 5.91 Å². The van der Waals surface area contributed by atoms with Crippen LogP contribution in [0.1, 0.15) is 22.0 Å². The number of nitrogens with one attached hydrogen (secondary N) is 1. The van der Waals surface area contributed by atoms with E-state index in [2.05, 4.69) is 41.4 Å². The standard InChI is InChI=1S/C20H24N2O2S/c1-16-4-6-17(7-5-16)19(15-22-10-12-24-13-11-22)21-20(23)9-8-18-3-2-14-25-18/h2-9,14,19H,10-13,15H2,1H3,(H,21,23)/b9-8+/t19-/m0/s1. The summed E-state index contributed by atoms with van der Waals surface area (Å²) in [5, 5.41) is 5.16. The molecule has 0 bridgehead atoms. The zero-order valence-electron chi connectivity index (χ0n) is 14.5. The molecule has 1 aliphatic heterocycles. The highest BCUT2D eigenvalue weighted by Gasteiger charge is 2.19. The van der Waals surface area contributed by atoms with Crippen molar-refractivity contribution in [3.8, 4) is 0 Å². The molecule has 1 aromatic carbocycles. The first-order valence-electron chi connectivity index (χ1n) is 8.59. The highest BCUT2D eigenvalue weighted by Crippen LogP contribution is 2.17. The maximum Gasteiger partial charge on any atom is 0.244 e. The van der Waals surface area contributed by atoms with Gasteiger partial charge in [-0.2, -0.15) is 0 Å². The van der Waals surface area contributed by atoms with Gasteiger partial charge in [0.05, 0.1) is 19.3 Å². The molecule has 0 unspecified atom stereocenters. The van der Waals surface area contributed by atoms with Crippen LogP contribution >= 0.6 is 11.3 Å². The number of morpholine rings is 1. The second-order valence-corrected chi connectivity index (χ2v) is 7.21. The molecule has 1 fully saturated rings. The van der Waals surface area contributed by atoms with Crippen LogP contribution in [0.3, 0.4) is 0 Å². The molecule has 4 nitrogen and oxygen atoms in total. The monoisotopic (exact) mass is 356 g/mol. The topological polar surface area (TPSA) is 41.6 Å². The first-order valence-corrected chi connectivity index (χ1v) is 9.47. The number of nitrogens with zero attached hydrogens (tertiary/aromatic N) is 1. The van der Waals surface area contributed by atoms with Crippen molar-refractivity contribution in [3.05, 3.63) is 63.9 Å². The minimum Gasteiger partial charge on any atom is -0.379 e. The van der Waals surface area contributed by atoms with Crippen molar-refractivity contribution in [2.75, 3.05) is 32.8 Å². The van der Waals surface area contributed by atoms with E-state index in [-0.39, 0.29) is 11.9 Å². The summed E-state index contributed by atoms with van der Waals surface area (Å²) in [6.45, 7) is 6.19. The smallest absolute Gasteiger partial charge is 0.244 e. The number of hydrogen-bond acceptors (Lipinski definition) is 4. The minimum absolute atomic E-state index is 0.0285. The molecule has 3 rings (SSSR count). The molecule has 1 atom stereocenters. The van der Waals surface area contributed by atoms with Crippen molar-refractivity contribution in [1.82, 2.24) is 10.2 Å². The third-order valence-corrected chi connectivity index (χ3v) is 5.12. The summed E-state index contributed by atoms with van der Waals surface area (Å²) in [5.41, 5.74) is 2.35. The first kappa shape index (κ1) is 17.9. The van der Waals surface area contributed by atoms with Gasteiger partial charge >= 0.3 is 0 Å². The van der Waals surface area contributed by atoms with Gasteiger partial charge in [0.25, 0.3) is 0 Å². The lowest BCUT2D eigenvalue weighted by Gasteiger charge is -2.31. The molecule has 1 saturated heterocycles. The van der Waals surface area contributed by atoms with E-state index in [4.69, 9.17) is 4.74 Å². The molecule has 132 valence electrons. The van der Waals surface area contributed by atoms with Crippen molar-refractivity contribution in [1.29, 1.82) is 0 Å². The Balaban J connectivity index is 1.68. The summed E-state index contributed by atoms with van der Waals surface area (Å²) >= 11 is 1.62. The molecule has 1 aliphatic rings. The van der Waals surface area contributed by atoms with E-state index in [9.17, 15) is 4.79 Å². The van der Waals surface area contributed by atoms with Crippen LogP contribution in [-0.4, -0.2) is 43.7 Å². The Labute approximate surface area is 153 Å². The summed E-state index contributed by atoms with van der Waals surface area (Å²) in [5.74, 6) is -0.0627. The van der Waals surface area contributed by atoms with E-state index in [1.165, 1.54) is 5.56 Å².